The Morgan fingerprint density at radius 2 is 1.43 bits per heavy atom. The predicted molar refractivity (Wildman–Crippen MR) is 195 cm³/mol. The molecule has 308 valence electrons. The Bertz CT molecular complexity index is 1470. The van der Waals surface area contributed by atoms with E-state index >= 15 is 0 Å². The first-order chi connectivity index (χ1) is 25.1. The monoisotopic (exact) mass is 764 g/mol. The fraction of sp³-hybridized carbons (Fsp3) is 0.952. The molecular weight excluding hydrogens is 696 g/mol. The van der Waals surface area contributed by atoms with Crippen molar-refractivity contribution in [2.75, 3.05) is 13.2 Å². The number of aliphatic hydroxyl groups excluding tert-OH is 7. The largest absolute Gasteiger partial charge is 0.394 e. The highest BCUT2D eigenvalue weighted by Gasteiger charge is 2.79. The van der Waals surface area contributed by atoms with Gasteiger partial charge in [0, 0.05) is 16.7 Å². The number of ether oxygens (including phenoxy) is 5. The average molecular weight is 765 g/mol. The maximum atomic E-state index is 12.1. The molecular formula is C42H68O12. The van der Waals surface area contributed by atoms with E-state index in [1.807, 2.05) is 0 Å². The Morgan fingerprint density at radius 1 is 0.722 bits per heavy atom. The first-order valence-corrected chi connectivity index (χ1v) is 20.8. The Balaban J connectivity index is 1.03. The smallest absolute Gasteiger partial charge is 0.187 e. The van der Waals surface area contributed by atoms with Crippen molar-refractivity contribution in [1.29, 1.82) is 0 Å². The Kier molecular flexibility index (Phi) is 9.55. The number of allylic oxidation sites excluding steroid dienone is 1. The Labute approximate surface area is 320 Å². The van der Waals surface area contributed by atoms with E-state index < -0.39 is 73.6 Å². The molecule has 12 nitrogen and oxygen atoms in total. The Hall–Kier alpha value is -0.740. The number of hydrogen-bond donors (Lipinski definition) is 7. The molecule has 5 aliphatic carbocycles. The van der Waals surface area contributed by atoms with E-state index in [1.54, 1.807) is 6.92 Å². The second-order valence-electron chi connectivity index (χ2n) is 21.1. The minimum absolute atomic E-state index is 0.0638. The maximum Gasteiger partial charge on any atom is 0.187 e. The van der Waals surface area contributed by atoms with Crippen molar-refractivity contribution in [2.45, 2.75) is 186 Å². The van der Waals surface area contributed by atoms with Crippen LogP contribution in [0.1, 0.15) is 107 Å². The van der Waals surface area contributed by atoms with Crippen molar-refractivity contribution in [3.8, 4) is 0 Å². The second kappa shape index (κ2) is 12.9. The zero-order valence-electron chi connectivity index (χ0n) is 33.6. The lowest BCUT2D eigenvalue weighted by Gasteiger charge is -2.73. The molecule has 2 bridgehead atoms. The molecule has 4 saturated carbocycles. The van der Waals surface area contributed by atoms with Crippen LogP contribution in [0.2, 0.25) is 0 Å². The molecule has 3 aliphatic heterocycles. The molecule has 12 heteroatoms. The summed E-state index contributed by atoms with van der Waals surface area (Å²) in [6.07, 6.45) is -1.83. The van der Waals surface area contributed by atoms with Gasteiger partial charge in [-0.3, -0.25) is 0 Å². The summed E-state index contributed by atoms with van der Waals surface area (Å²) in [5.74, 6) is 0.835. The lowest BCUT2D eigenvalue weighted by atomic mass is 9.32. The normalized spacial score (nSPS) is 58.8. The zero-order chi connectivity index (χ0) is 39.2. The lowest BCUT2D eigenvalue weighted by molar-refractivity contribution is -0.366. The maximum absolute atomic E-state index is 12.1. The van der Waals surface area contributed by atoms with Crippen molar-refractivity contribution < 1.29 is 59.4 Å². The topological polar surface area (TPSA) is 188 Å². The first kappa shape index (κ1) is 40.1. The molecule has 1 spiro atoms. The molecule has 7 fully saturated rings. The molecule has 8 aliphatic rings. The summed E-state index contributed by atoms with van der Waals surface area (Å²) < 4.78 is 31.4. The van der Waals surface area contributed by atoms with Crippen LogP contribution in [0.4, 0.5) is 0 Å². The molecule has 20 unspecified atom stereocenters. The molecule has 0 radical (unpaired) electrons. The molecule has 8 rings (SSSR count). The van der Waals surface area contributed by atoms with Crippen LogP contribution in [-0.4, -0.2) is 128 Å². The molecule has 54 heavy (non-hydrogen) atoms. The van der Waals surface area contributed by atoms with E-state index in [9.17, 15) is 35.7 Å². The van der Waals surface area contributed by atoms with Gasteiger partial charge in [0.05, 0.1) is 37.1 Å². The van der Waals surface area contributed by atoms with Gasteiger partial charge in [0.25, 0.3) is 0 Å². The fourth-order valence-electron chi connectivity index (χ4n) is 14.3. The first-order valence-electron chi connectivity index (χ1n) is 20.8. The molecule has 3 heterocycles. The summed E-state index contributed by atoms with van der Waals surface area (Å²) in [5.41, 5.74) is -1.08. The third kappa shape index (κ3) is 5.24. The third-order valence-corrected chi connectivity index (χ3v) is 17.8. The average Bonchev–Trinajstić information content (AvgIpc) is 3.38. The SMILES string of the molecule is CC1OC(OC2CCC3(C)C(CCC4(C)C3C=CC35OCC6(CCC(C)(C)CC63)C(O)CC45C)C2(C)C)C(O)C(OC2OC(CO)C(O)C(O)C2O)C1O. The molecule has 0 aromatic heterocycles. The van der Waals surface area contributed by atoms with Crippen molar-refractivity contribution in [3.63, 3.8) is 0 Å². The quantitative estimate of drug-likeness (QED) is 0.161. The van der Waals surface area contributed by atoms with Crippen LogP contribution in [-0.2, 0) is 23.7 Å². The fourth-order valence-corrected chi connectivity index (χ4v) is 14.3. The highest BCUT2D eigenvalue weighted by atomic mass is 16.7. The van der Waals surface area contributed by atoms with Gasteiger partial charge in [-0.15, -0.1) is 0 Å². The summed E-state index contributed by atoms with van der Waals surface area (Å²) in [6, 6.07) is 0. The van der Waals surface area contributed by atoms with Crippen LogP contribution in [0, 0.1) is 50.2 Å². The van der Waals surface area contributed by atoms with Crippen molar-refractivity contribution >= 4 is 0 Å². The molecule has 3 saturated heterocycles. The van der Waals surface area contributed by atoms with Gasteiger partial charge in [-0.2, -0.15) is 0 Å². The van der Waals surface area contributed by atoms with Gasteiger partial charge < -0.3 is 59.4 Å². The number of aliphatic hydroxyl groups is 7. The van der Waals surface area contributed by atoms with Crippen molar-refractivity contribution in [1.82, 2.24) is 0 Å². The van der Waals surface area contributed by atoms with Gasteiger partial charge in [-0.1, -0.05) is 60.6 Å². The highest BCUT2D eigenvalue weighted by Crippen LogP contribution is 2.79. The standard InChI is InChI=1S/C42H68O12/c1-21-28(45)33(54-34-31(48)30(47)29(46)22(19-43)52-34)32(49)35(51-21)53-27-11-12-38(6)23(37(27,4)5)9-13-39(7)24(38)10-14-42-25-17-36(2,3)15-16-41(25,20-50-42)26(44)18-40(39,42)8/h10,14,21-35,43-49H,9,11-13,15-20H2,1-8H3. The minimum Gasteiger partial charge on any atom is -0.394 e. The van der Waals surface area contributed by atoms with E-state index in [2.05, 4.69) is 60.6 Å². The number of fused-ring (bicyclic) bond motifs is 4. The van der Waals surface area contributed by atoms with Crippen LogP contribution in [0.3, 0.4) is 0 Å². The van der Waals surface area contributed by atoms with E-state index in [1.165, 1.54) is 0 Å². The van der Waals surface area contributed by atoms with Gasteiger partial charge >= 0.3 is 0 Å². The summed E-state index contributed by atoms with van der Waals surface area (Å²) >= 11 is 0. The number of hydrogen-bond acceptors (Lipinski definition) is 12. The lowest BCUT2D eigenvalue weighted by Crippen LogP contribution is -2.72. The molecule has 0 amide bonds. The summed E-state index contributed by atoms with van der Waals surface area (Å²) in [6.45, 7) is 18.3. The second-order valence-corrected chi connectivity index (χ2v) is 21.1. The van der Waals surface area contributed by atoms with Gasteiger partial charge in [0.2, 0.25) is 0 Å². The van der Waals surface area contributed by atoms with Crippen molar-refractivity contribution in [3.05, 3.63) is 12.2 Å². The number of rotatable bonds is 5. The van der Waals surface area contributed by atoms with Crippen LogP contribution in [0.5, 0.6) is 0 Å². The summed E-state index contributed by atoms with van der Waals surface area (Å²) in [5, 5.41) is 75.6. The zero-order valence-corrected chi connectivity index (χ0v) is 33.6. The van der Waals surface area contributed by atoms with Gasteiger partial charge in [0.1, 0.15) is 42.7 Å². The Morgan fingerprint density at radius 3 is 2.13 bits per heavy atom. The molecule has 0 aromatic carbocycles. The van der Waals surface area contributed by atoms with E-state index in [4.69, 9.17) is 23.7 Å². The van der Waals surface area contributed by atoms with Gasteiger partial charge in [0.15, 0.2) is 12.6 Å². The van der Waals surface area contributed by atoms with Crippen LogP contribution in [0.25, 0.3) is 0 Å². The van der Waals surface area contributed by atoms with Crippen LogP contribution < -0.4 is 0 Å². The predicted octanol–water partition coefficient (Wildman–Crippen LogP) is 2.80. The van der Waals surface area contributed by atoms with E-state index in [0.717, 1.165) is 51.4 Å². The van der Waals surface area contributed by atoms with Crippen molar-refractivity contribution in [2.24, 2.45) is 50.2 Å². The molecule has 20 atom stereocenters. The molecule has 0 aromatic rings. The van der Waals surface area contributed by atoms with Gasteiger partial charge in [-0.25, -0.2) is 0 Å². The van der Waals surface area contributed by atoms with Crippen LogP contribution >= 0.6 is 0 Å². The van der Waals surface area contributed by atoms with E-state index in [-0.39, 0.29) is 56.5 Å². The third-order valence-electron chi connectivity index (χ3n) is 17.8. The molecule has 7 N–H and O–H groups in total. The highest BCUT2D eigenvalue weighted by molar-refractivity contribution is 5.36. The van der Waals surface area contributed by atoms with Crippen LogP contribution in [0.15, 0.2) is 12.2 Å². The van der Waals surface area contributed by atoms with Gasteiger partial charge in [-0.05, 0) is 91.8 Å². The summed E-state index contributed by atoms with van der Waals surface area (Å²) in [4.78, 5) is 0. The van der Waals surface area contributed by atoms with E-state index in [0.29, 0.717) is 12.5 Å². The minimum atomic E-state index is -1.69. The summed E-state index contributed by atoms with van der Waals surface area (Å²) in [7, 11) is 0.